The highest BCUT2D eigenvalue weighted by molar-refractivity contribution is 5.94. The molecule has 12 nitrogen and oxygen atoms in total. The molecule has 2 aromatic heterocycles. The van der Waals surface area contributed by atoms with Crippen LogP contribution >= 0.6 is 0 Å². The van der Waals surface area contributed by atoms with E-state index < -0.39 is 0 Å². The number of hydrogen-bond donors (Lipinski definition) is 2. The molecule has 4 aliphatic heterocycles. The quantitative estimate of drug-likeness (QED) is 0.161. The van der Waals surface area contributed by atoms with E-state index in [0.717, 1.165) is 109 Å². The number of nitrogens with zero attached hydrogens (tertiary/aromatic N) is 4. The van der Waals surface area contributed by atoms with Crippen LogP contribution in [-0.2, 0) is 0 Å². The van der Waals surface area contributed by atoms with E-state index in [-0.39, 0.29) is 43.8 Å². The Bertz CT molecular complexity index is 2140. The van der Waals surface area contributed by atoms with E-state index in [2.05, 4.69) is 26.7 Å². The van der Waals surface area contributed by atoms with Gasteiger partial charge in [0.05, 0.1) is 19.8 Å². The molecule has 62 heavy (non-hydrogen) atoms. The highest BCUT2D eigenvalue weighted by Crippen LogP contribution is 2.51. The second kappa shape index (κ2) is 21.1. The van der Waals surface area contributed by atoms with Gasteiger partial charge in [-0.05, 0) is 127 Å². The van der Waals surface area contributed by atoms with Crippen molar-refractivity contribution in [1.82, 2.24) is 30.4 Å². The van der Waals surface area contributed by atoms with Crippen LogP contribution in [0, 0.1) is 0 Å². The molecule has 8 rings (SSSR count). The number of amides is 2. The molecule has 1 atom stereocenters. The molecular weight excluding hydrogens is 781 g/mol. The van der Waals surface area contributed by atoms with Gasteiger partial charge in [0, 0.05) is 68.5 Å². The fraction of sp³-hybridized carbons (Fsp3) is 0.480. The molecule has 0 radical (unpaired) electrons. The summed E-state index contributed by atoms with van der Waals surface area (Å²) in [5.74, 6) is 3.39. The van der Waals surface area contributed by atoms with Gasteiger partial charge in [0.2, 0.25) is 0 Å². The minimum Gasteiger partial charge on any atom is -0.496 e. The first-order valence-corrected chi connectivity index (χ1v) is 21.6. The second-order valence-electron chi connectivity index (χ2n) is 15.8. The van der Waals surface area contributed by atoms with E-state index in [0.29, 0.717) is 37.6 Å². The number of carbonyl (C=O) groups excluding carboxylic acids is 2. The molecule has 4 aliphatic rings. The van der Waals surface area contributed by atoms with Crippen molar-refractivity contribution in [1.29, 1.82) is 0 Å². The van der Waals surface area contributed by atoms with Gasteiger partial charge in [0.15, 0.2) is 0 Å². The van der Waals surface area contributed by atoms with Gasteiger partial charge in [-0.15, -0.1) is 0 Å². The van der Waals surface area contributed by atoms with Gasteiger partial charge in [-0.3, -0.25) is 19.6 Å². The Morgan fingerprint density at radius 3 is 1.77 bits per heavy atom. The van der Waals surface area contributed by atoms with Gasteiger partial charge in [-0.1, -0.05) is 39.1 Å². The Morgan fingerprint density at radius 1 is 0.694 bits per heavy atom. The molecule has 0 aliphatic carbocycles. The molecule has 0 saturated carbocycles. The van der Waals surface area contributed by atoms with Crippen LogP contribution in [0.25, 0.3) is 5.57 Å². The van der Waals surface area contributed by atoms with Gasteiger partial charge < -0.3 is 39.4 Å². The zero-order valence-electron chi connectivity index (χ0n) is 36.0. The maximum Gasteiger partial charge on any atom is 0.272 e. The number of fused-ring (bicyclic) bond motifs is 2. The van der Waals surface area contributed by atoms with Gasteiger partial charge in [0.25, 0.3) is 11.8 Å². The Balaban J connectivity index is 0.000000227. The van der Waals surface area contributed by atoms with Gasteiger partial charge >= 0.3 is 0 Å². The van der Waals surface area contributed by atoms with Crippen molar-refractivity contribution in [2.75, 3.05) is 66.6 Å². The molecule has 0 bridgehead atoms. The van der Waals surface area contributed by atoms with Crippen LogP contribution in [0.2, 0.25) is 0 Å². The topological polar surface area (TPSA) is 127 Å². The molecule has 2 N–H and O–H groups in total. The highest BCUT2D eigenvalue weighted by atomic mass is 16.5. The maximum atomic E-state index is 12.7. The van der Waals surface area contributed by atoms with Gasteiger partial charge in [-0.25, -0.2) is 0 Å². The minimum absolute atomic E-state index is 0. The van der Waals surface area contributed by atoms with Crippen molar-refractivity contribution in [3.63, 3.8) is 0 Å². The fourth-order valence-corrected chi connectivity index (χ4v) is 9.06. The number of aromatic nitrogens is 2. The van der Waals surface area contributed by atoms with E-state index >= 15 is 0 Å². The van der Waals surface area contributed by atoms with Gasteiger partial charge in [0.1, 0.15) is 45.6 Å². The van der Waals surface area contributed by atoms with E-state index in [1.165, 1.54) is 0 Å². The third kappa shape index (κ3) is 9.76. The Morgan fingerprint density at radius 2 is 1.24 bits per heavy atom. The number of benzene rings is 2. The van der Waals surface area contributed by atoms with Crippen molar-refractivity contribution in [3.05, 3.63) is 113 Å². The summed E-state index contributed by atoms with van der Waals surface area (Å²) in [6.07, 6.45) is 10.5. The standard InChI is InChI=1S/C24H31N3O3.C24H29N3O3.2CH4/c2*1-4-27(5-2)23(28)19-10-9-17(16-26-19)18-15-24(11-13-25-14-12-24)30-21-8-6-7-20(29-3)22(18)21;;/h6-10,16,18,25H,4-5,11-15H2,1-3H3;6-10,15-16,25H,4-5,11-14H2,1-3H3;2*1H4. The Hall–Kier alpha value is -5.46. The molecule has 2 saturated heterocycles. The number of rotatable bonds is 10. The molecule has 6 heterocycles. The molecule has 1 unspecified atom stereocenters. The zero-order chi connectivity index (χ0) is 42.3. The van der Waals surface area contributed by atoms with E-state index in [4.69, 9.17) is 18.9 Å². The number of carbonyl (C=O) groups is 2. The lowest BCUT2D eigenvalue weighted by Gasteiger charge is -2.45. The van der Waals surface area contributed by atoms with Crippen LogP contribution in [-0.4, -0.2) is 109 Å². The number of ether oxygens (including phenoxy) is 4. The van der Waals surface area contributed by atoms with Crippen molar-refractivity contribution in [2.24, 2.45) is 0 Å². The summed E-state index contributed by atoms with van der Waals surface area (Å²) >= 11 is 0. The van der Waals surface area contributed by atoms with E-state index in [9.17, 15) is 9.59 Å². The Labute approximate surface area is 369 Å². The van der Waals surface area contributed by atoms with Crippen molar-refractivity contribution < 1.29 is 28.5 Å². The molecule has 12 heteroatoms. The SMILES string of the molecule is C.C.CCN(CC)C(=O)c1ccc(C2=CC3(CCNCC3)Oc3cccc(OC)c32)cn1.CCN(CC)C(=O)c1ccc(C2CC3(CCNCC3)Oc3cccc(OC)c32)cn1. The summed E-state index contributed by atoms with van der Waals surface area (Å²) in [7, 11) is 3.37. The van der Waals surface area contributed by atoms with Crippen LogP contribution in [0.4, 0.5) is 0 Å². The molecule has 4 aromatic rings. The average molecular weight is 849 g/mol. The summed E-state index contributed by atoms with van der Waals surface area (Å²) in [4.78, 5) is 37.9. The summed E-state index contributed by atoms with van der Waals surface area (Å²) in [6, 6.07) is 19.6. The predicted octanol–water partition coefficient (Wildman–Crippen LogP) is 8.40. The lowest BCUT2D eigenvalue weighted by molar-refractivity contribution is 0.0107. The van der Waals surface area contributed by atoms with E-state index in [1.807, 2.05) is 94.6 Å². The lowest BCUT2D eigenvalue weighted by Crippen LogP contribution is -2.49. The van der Waals surface area contributed by atoms with Crippen LogP contribution in [0.15, 0.2) is 79.1 Å². The number of hydrogen-bond acceptors (Lipinski definition) is 10. The molecule has 2 amide bonds. The van der Waals surface area contributed by atoms with Gasteiger partial charge in [-0.2, -0.15) is 0 Å². The first-order chi connectivity index (χ1) is 29.2. The number of piperidine rings is 2. The summed E-state index contributed by atoms with van der Waals surface area (Å²) in [5.41, 5.74) is 5.56. The normalized spacial score (nSPS) is 17.7. The van der Waals surface area contributed by atoms with Crippen LogP contribution in [0.5, 0.6) is 23.0 Å². The average Bonchev–Trinajstić information content (AvgIpc) is 3.29. The van der Waals surface area contributed by atoms with Crippen LogP contribution < -0.4 is 29.6 Å². The third-order valence-corrected chi connectivity index (χ3v) is 12.5. The van der Waals surface area contributed by atoms with Crippen LogP contribution in [0.3, 0.4) is 0 Å². The molecular formula is C50H68N6O6. The molecule has 2 spiro atoms. The van der Waals surface area contributed by atoms with E-state index in [1.54, 1.807) is 30.2 Å². The largest absolute Gasteiger partial charge is 0.496 e. The lowest BCUT2D eigenvalue weighted by atomic mass is 9.75. The smallest absolute Gasteiger partial charge is 0.272 e. The summed E-state index contributed by atoms with van der Waals surface area (Å²) in [5, 5.41) is 6.85. The highest BCUT2D eigenvalue weighted by Gasteiger charge is 2.44. The fourth-order valence-electron chi connectivity index (χ4n) is 9.06. The predicted molar refractivity (Wildman–Crippen MR) is 247 cm³/mol. The second-order valence-corrected chi connectivity index (χ2v) is 15.8. The zero-order valence-corrected chi connectivity index (χ0v) is 36.0. The monoisotopic (exact) mass is 849 g/mol. The number of methoxy groups -OCH3 is 2. The molecule has 2 fully saturated rings. The van der Waals surface area contributed by atoms with Crippen molar-refractivity contribution >= 4 is 17.4 Å². The number of nitrogens with one attached hydrogen (secondary N) is 2. The maximum absolute atomic E-state index is 12.7. The van der Waals surface area contributed by atoms with Crippen LogP contribution in [0.1, 0.15) is 124 Å². The van der Waals surface area contributed by atoms with Crippen molar-refractivity contribution in [3.8, 4) is 23.0 Å². The molecule has 2 aromatic carbocycles. The summed E-state index contributed by atoms with van der Waals surface area (Å²) < 4.78 is 24.4. The molecule has 334 valence electrons. The van der Waals surface area contributed by atoms with Crippen molar-refractivity contribution in [2.45, 2.75) is 91.8 Å². The third-order valence-electron chi connectivity index (χ3n) is 12.5. The first-order valence-electron chi connectivity index (χ1n) is 21.6. The number of pyridine rings is 2. The minimum atomic E-state index is -0.338. The summed E-state index contributed by atoms with van der Waals surface area (Å²) in [6.45, 7) is 14.4. The Kier molecular flexibility index (Phi) is 16.2. The first kappa shape index (κ1) is 47.6.